The molecule has 0 aliphatic rings. The first-order chi connectivity index (χ1) is 16.4. The molecule has 0 radical (unpaired) electrons. The number of pyridine rings is 1. The number of rotatable bonds is 7. The quantitative estimate of drug-likeness (QED) is 0.347. The Hall–Kier alpha value is -3.59. The number of amides is 1. The summed E-state index contributed by atoms with van der Waals surface area (Å²) < 4.78 is 29.6. The van der Waals surface area contributed by atoms with E-state index in [9.17, 15) is 23.5 Å². The molecule has 2 N–H and O–H groups in total. The summed E-state index contributed by atoms with van der Waals surface area (Å²) in [5.41, 5.74) is 2.81. The van der Waals surface area contributed by atoms with E-state index in [0.29, 0.717) is 11.1 Å². The van der Waals surface area contributed by atoms with Gasteiger partial charge < -0.3 is 15.2 Å². The Morgan fingerprint density at radius 1 is 0.829 bits per heavy atom. The van der Waals surface area contributed by atoms with Gasteiger partial charge in [0.25, 0.3) is 5.91 Å². The van der Waals surface area contributed by atoms with Crippen molar-refractivity contribution in [2.24, 2.45) is 0 Å². The molecule has 1 amide bonds. The van der Waals surface area contributed by atoms with Crippen LogP contribution in [-0.2, 0) is 0 Å². The molecule has 0 atom stereocenters. The second kappa shape index (κ2) is 11.7. The van der Waals surface area contributed by atoms with E-state index in [1.54, 1.807) is 18.3 Å². The normalized spacial score (nSPS) is 10.4. The van der Waals surface area contributed by atoms with Gasteiger partial charge in [-0.15, -0.1) is 0 Å². The van der Waals surface area contributed by atoms with Gasteiger partial charge in [0, 0.05) is 18.0 Å². The Labute approximate surface area is 221 Å². The number of carbonyl (C=O) groups is 2. The third kappa shape index (κ3) is 6.51. The minimum absolute atomic E-state index is 0. The summed E-state index contributed by atoms with van der Waals surface area (Å²) in [7, 11) is 0. The van der Waals surface area contributed by atoms with Gasteiger partial charge in [0.1, 0.15) is 5.75 Å². The molecule has 1 heterocycles. The molecule has 0 aliphatic carbocycles. The molecular weight excluding hydrogens is 465 g/mol. The van der Waals surface area contributed by atoms with Gasteiger partial charge in [0.2, 0.25) is 0 Å². The number of carbonyl (C=O) groups excluding carboxylic acids is 1. The Bertz CT molecular complexity index is 1350. The average Bonchev–Trinajstić information content (AvgIpc) is 2.84. The number of aromatic carboxylic acids is 1. The number of ether oxygens (including phenoxy) is 1. The first kappa shape index (κ1) is 26.0. The second-order valence-corrected chi connectivity index (χ2v) is 7.25. The number of carboxylic acid groups (broad SMARTS) is 1. The van der Waals surface area contributed by atoms with Gasteiger partial charge >= 0.3 is 42.1 Å². The van der Waals surface area contributed by atoms with E-state index < -0.39 is 18.5 Å². The van der Waals surface area contributed by atoms with Crippen LogP contribution in [0.3, 0.4) is 0 Å². The van der Waals surface area contributed by atoms with E-state index in [1.165, 1.54) is 42.6 Å². The zero-order valence-electron chi connectivity index (χ0n) is 17.6. The SMILES string of the molecule is O=C(Nc1cc(-c2cccc(OC(F)F)c2)ccc1C(=O)O)c1cncc(-c2ccccc2)c1.[NaH]. The number of hydrogen-bond acceptors (Lipinski definition) is 4. The van der Waals surface area contributed by atoms with E-state index in [1.807, 2.05) is 30.3 Å². The van der Waals surface area contributed by atoms with Crippen LogP contribution >= 0.6 is 0 Å². The Balaban J connectivity index is 0.00000342. The Kier molecular flexibility index (Phi) is 8.70. The van der Waals surface area contributed by atoms with Crippen LogP contribution in [0.15, 0.2) is 91.3 Å². The molecule has 0 saturated heterocycles. The fraction of sp³-hybridized carbons (Fsp3) is 0.0385. The van der Waals surface area contributed by atoms with E-state index >= 15 is 0 Å². The van der Waals surface area contributed by atoms with Crippen molar-refractivity contribution < 1.29 is 28.2 Å². The topological polar surface area (TPSA) is 88.5 Å². The van der Waals surface area contributed by atoms with Crippen molar-refractivity contribution in [2.75, 3.05) is 5.32 Å². The van der Waals surface area contributed by atoms with Gasteiger partial charge in [0.15, 0.2) is 0 Å². The van der Waals surface area contributed by atoms with Crippen LogP contribution in [0.1, 0.15) is 20.7 Å². The molecule has 6 nitrogen and oxygen atoms in total. The molecule has 172 valence electrons. The van der Waals surface area contributed by atoms with Crippen molar-refractivity contribution in [1.29, 1.82) is 0 Å². The molecule has 0 unspecified atom stereocenters. The van der Waals surface area contributed by atoms with Gasteiger partial charge in [-0.25, -0.2) is 4.79 Å². The molecule has 1 aromatic heterocycles. The van der Waals surface area contributed by atoms with E-state index in [-0.39, 0.29) is 52.1 Å². The third-order valence-electron chi connectivity index (χ3n) is 5.00. The van der Waals surface area contributed by atoms with E-state index in [0.717, 1.165) is 11.1 Å². The van der Waals surface area contributed by atoms with Crippen molar-refractivity contribution in [1.82, 2.24) is 4.98 Å². The van der Waals surface area contributed by atoms with Gasteiger partial charge in [-0.3, -0.25) is 9.78 Å². The van der Waals surface area contributed by atoms with Crippen LogP contribution in [0.2, 0.25) is 0 Å². The number of carboxylic acids is 1. The Morgan fingerprint density at radius 2 is 1.54 bits per heavy atom. The van der Waals surface area contributed by atoms with Gasteiger partial charge in [-0.1, -0.05) is 48.5 Å². The summed E-state index contributed by atoms with van der Waals surface area (Å²) in [4.78, 5) is 28.8. The second-order valence-electron chi connectivity index (χ2n) is 7.25. The van der Waals surface area contributed by atoms with Crippen molar-refractivity contribution in [3.05, 3.63) is 102 Å². The number of alkyl halides is 2. The van der Waals surface area contributed by atoms with Crippen molar-refractivity contribution in [3.8, 4) is 28.0 Å². The molecule has 4 aromatic rings. The number of hydrogen-bond donors (Lipinski definition) is 2. The average molecular weight is 484 g/mol. The molecule has 0 bridgehead atoms. The number of halogens is 2. The fourth-order valence-electron chi connectivity index (χ4n) is 3.41. The number of aromatic nitrogens is 1. The number of nitrogens with one attached hydrogen (secondary N) is 1. The molecule has 4 rings (SSSR count). The van der Waals surface area contributed by atoms with E-state index in [4.69, 9.17) is 0 Å². The molecule has 0 spiro atoms. The Morgan fingerprint density at radius 3 is 2.26 bits per heavy atom. The predicted molar refractivity (Wildman–Crippen MR) is 130 cm³/mol. The first-order valence-corrected chi connectivity index (χ1v) is 10.1. The maximum absolute atomic E-state index is 12.9. The molecule has 3 aromatic carbocycles. The van der Waals surface area contributed by atoms with Crippen molar-refractivity contribution >= 4 is 47.1 Å². The summed E-state index contributed by atoms with van der Waals surface area (Å²) >= 11 is 0. The summed E-state index contributed by atoms with van der Waals surface area (Å²) in [5.74, 6) is -1.81. The zero-order chi connectivity index (χ0) is 24.1. The summed E-state index contributed by atoms with van der Waals surface area (Å²) in [5, 5.41) is 12.2. The van der Waals surface area contributed by atoms with Gasteiger partial charge in [-0.2, -0.15) is 8.78 Å². The number of nitrogens with zero attached hydrogens (tertiary/aromatic N) is 1. The summed E-state index contributed by atoms with van der Waals surface area (Å²) in [6.07, 6.45) is 3.01. The predicted octanol–water partition coefficient (Wildman–Crippen LogP) is 5.32. The van der Waals surface area contributed by atoms with Gasteiger partial charge in [-0.05, 0) is 47.0 Å². The molecule has 35 heavy (non-hydrogen) atoms. The van der Waals surface area contributed by atoms with Gasteiger partial charge in [0.05, 0.1) is 16.8 Å². The molecule has 0 fully saturated rings. The van der Waals surface area contributed by atoms with Crippen molar-refractivity contribution in [3.63, 3.8) is 0 Å². The van der Waals surface area contributed by atoms with Crippen LogP contribution in [0.4, 0.5) is 14.5 Å². The molecule has 9 heteroatoms. The standard InChI is InChI=1S/C26H18F2N2O4.Na.H/c27-26(28)34-21-8-4-7-17(12-21)18-9-10-22(25(32)33)23(13-18)30-24(31)20-11-19(14-29-15-20)16-5-2-1-3-6-16;;/h1-15,26H,(H,30,31)(H,32,33);;. The monoisotopic (exact) mass is 484 g/mol. The zero-order valence-corrected chi connectivity index (χ0v) is 17.6. The minimum atomic E-state index is -2.97. The van der Waals surface area contributed by atoms with Crippen LogP contribution in [0.25, 0.3) is 22.3 Å². The fourth-order valence-corrected chi connectivity index (χ4v) is 3.41. The third-order valence-corrected chi connectivity index (χ3v) is 5.00. The maximum atomic E-state index is 12.9. The number of anilines is 1. The van der Waals surface area contributed by atoms with Crippen LogP contribution < -0.4 is 10.1 Å². The van der Waals surface area contributed by atoms with Crippen molar-refractivity contribution in [2.45, 2.75) is 6.61 Å². The molecule has 0 aliphatic heterocycles. The van der Waals surface area contributed by atoms with E-state index in [2.05, 4.69) is 15.0 Å². The first-order valence-electron chi connectivity index (χ1n) is 10.1. The molecular formula is C26H19F2N2NaO4. The van der Waals surface area contributed by atoms with Crippen LogP contribution in [0.5, 0.6) is 5.75 Å². The number of benzene rings is 3. The molecule has 0 saturated carbocycles. The summed E-state index contributed by atoms with van der Waals surface area (Å²) in [6, 6.07) is 21.4. The summed E-state index contributed by atoms with van der Waals surface area (Å²) in [6.45, 7) is -2.97. The van der Waals surface area contributed by atoms with Crippen LogP contribution in [-0.4, -0.2) is 58.1 Å². The van der Waals surface area contributed by atoms with Crippen LogP contribution in [0, 0.1) is 0 Å².